The van der Waals surface area contributed by atoms with Gasteiger partial charge in [-0.05, 0) is 140 Å². The minimum absolute atomic E-state index is 0.0579. The molecular formula is C45H61N3O8S3. The maximum atomic E-state index is 12.5. The molecule has 322 valence electrons. The molecule has 0 aromatic heterocycles. The molecule has 3 rings (SSSR count). The minimum atomic E-state index is -3.90. The Morgan fingerprint density at radius 3 is 1.14 bits per heavy atom. The van der Waals surface area contributed by atoms with E-state index < -0.39 is 35.5 Å². The molecule has 0 aliphatic rings. The summed E-state index contributed by atoms with van der Waals surface area (Å²) in [6.45, 7) is 16.8. The summed E-state index contributed by atoms with van der Waals surface area (Å²) in [5.41, 5.74) is 0. The molecule has 0 fully saturated rings. The number of allylic oxidation sites excluding steroid dienone is 8. The predicted molar refractivity (Wildman–Crippen MR) is 240 cm³/mol. The molecule has 0 saturated heterocycles. The molecule has 3 aromatic rings. The Labute approximate surface area is 354 Å². The summed E-state index contributed by atoms with van der Waals surface area (Å²) in [6, 6.07) is 24.8. The van der Waals surface area contributed by atoms with E-state index in [1.165, 1.54) is 24.3 Å². The smallest absolute Gasteiger partial charge is 0.350 e. The van der Waals surface area contributed by atoms with Gasteiger partial charge in [0.25, 0.3) is 0 Å². The van der Waals surface area contributed by atoms with Crippen LogP contribution in [0.5, 0.6) is 0 Å². The van der Waals surface area contributed by atoms with E-state index in [1.54, 1.807) is 149 Å². The first kappa shape index (κ1) is 51.8. The molecular weight excluding hydrogens is 807 g/mol. The van der Waals surface area contributed by atoms with Gasteiger partial charge in [0, 0.05) is 50.1 Å². The van der Waals surface area contributed by atoms with Crippen molar-refractivity contribution in [3.05, 3.63) is 161 Å². The fourth-order valence-corrected chi connectivity index (χ4v) is 8.31. The van der Waals surface area contributed by atoms with Gasteiger partial charge in [-0.25, -0.2) is 30.0 Å². The zero-order valence-electron chi connectivity index (χ0n) is 35.7. The molecule has 0 saturated carbocycles. The Balaban J connectivity index is 0.000000443. The Bertz CT molecular complexity index is 2120. The quantitative estimate of drug-likeness (QED) is 0.0692. The molecule has 0 spiro atoms. The normalized spacial score (nSPS) is 12.7. The van der Waals surface area contributed by atoms with Crippen LogP contribution in [-0.2, 0) is 39.0 Å². The summed E-state index contributed by atoms with van der Waals surface area (Å²) < 4.78 is 78.8. The topological polar surface area (TPSA) is 138 Å². The van der Waals surface area contributed by atoms with E-state index in [-0.39, 0.29) is 16.4 Å². The number of sulfone groups is 3. The van der Waals surface area contributed by atoms with Crippen LogP contribution in [-0.4, -0.2) is 92.8 Å². The summed E-state index contributed by atoms with van der Waals surface area (Å²) in [7, 11) is -7.04. The second-order valence-electron chi connectivity index (χ2n) is 12.7. The SMILES string of the molecule is CCN(C=CC=C(C)S(=O)(=O)c1ccccc1)CC.CCN(C=CC=C(C)S(=O)(=O)c1ccccc1)CC.CCOC(=O)C(=CC=CN(C)C)S(=O)(=O)c1ccccc1. The number of benzene rings is 3. The molecule has 14 heteroatoms. The van der Waals surface area contributed by atoms with Crippen LogP contribution in [0.25, 0.3) is 0 Å². The molecule has 0 radical (unpaired) electrons. The number of hydrogen-bond acceptors (Lipinski definition) is 11. The van der Waals surface area contributed by atoms with E-state index in [1.807, 2.05) is 12.4 Å². The van der Waals surface area contributed by atoms with Gasteiger partial charge in [0.2, 0.25) is 29.5 Å². The van der Waals surface area contributed by atoms with Gasteiger partial charge in [-0.3, -0.25) is 0 Å². The number of rotatable bonds is 18. The van der Waals surface area contributed by atoms with E-state index in [4.69, 9.17) is 4.74 Å². The van der Waals surface area contributed by atoms with Crippen LogP contribution in [0.2, 0.25) is 0 Å². The third-order valence-electron chi connectivity index (χ3n) is 8.29. The summed E-state index contributed by atoms with van der Waals surface area (Å²) in [4.78, 5) is 18.9. The minimum Gasteiger partial charge on any atom is -0.462 e. The summed E-state index contributed by atoms with van der Waals surface area (Å²) in [5, 5.41) is 0. The number of hydrogen-bond donors (Lipinski definition) is 0. The second-order valence-corrected chi connectivity index (χ2v) is 18.8. The molecule has 0 unspecified atom stereocenters. The Hall–Kier alpha value is -5.18. The van der Waals surface area contributed by atoms with Crippen molar-refractivity contribution in [1.29, 1.82) is 0 Å². The van der Waals surface area contributed by atoms with E-state index in [0.717, 1.165) is 26.2 Å². The highest BCUT2D eigenvalue weighted by molar-refractivity contribution is 7.96. The average molecular weight is 868 g/mol. The number of carbonyl (C=O) groups is 1. The molecule has 0 amide bonds. The third-order valence-corrected chi connectivity index (χ3v) is 13.8. The van der Waals surface area contributed by atoms with Gasteiger partial charge in [0.15, 0.2) is 4.91 Å². The molecule has 0 heterocycles. The first-order valence-electron chi connectivity index (χ1n) is 19.2. The van der Waals surface area contributed by atoms with Crippen molar-refractivity contribution in [3.8, 4) is 0 Å². The van der Waals surface area contributed by atoms with Gasteiger partial charge in [0.05, 0.1) is 21.3 Å². The molecule has 11 nitrogen and oxygen atoms in total. The van der Waals surface area contributed by atoms with Crippen molar-refractivity contribution >= 4 is 35.5 Å². The van der Waals surface area contributed by atoms with Crippen LogP contribution in [0.4, 0.5) is 0 Å². The van der Waals surface area contributed by atoms with Crippen molar-refractivity contribution in [2.75, 3.05) is 46.9 Å². The molecule has 0 aliphatic heterocycles. The van der Waals surface area contributed by atoms with Crippen molar-refractivity contribution in [2.45, 2.75) is 63.2 Å². The van der Waals surface area contributed by atoms with E-state index >= 15 is 0 Å². The summed E-state index contributed by atoms with van der Waals surface area (Å²) >= 11 is 0. The van der Waals surface area contributed by atoms with Gasteiger partial charge in [-0.1, -0.05) is 54.6 Å². The second kappa shape index (κ2) is 26.7. The predicted octanol–water partition coefficient (Wildman–Crippen LogP) is 8.42. The third kappa shape index (κ3) is 17.7. The molecule has 0 N–H and O–H groups in total. The van der Waals surface area contributed by atoms with Crippen molar-refractivity contribution in [2.24, 2.45) is 0 Å². The highest BCUT2D eigenvalue weighted by Gasteiger charge is 2.27. The van der Waals surface area contributed by atoms with Gasteiger partial charge in [-0.15, -0.1) is 0 Å². The summed E-state index contributed by atoms with van der Waals surface area (Å²) in [6.07, 6.45) is 15.0. The van der Waals surface area contributed by atoms with Gasteiger partial charge >= 0.3 is 5.97 Å². The Kier molecular flexibility index (Phi) is 23.5. The van der Waals surface area contributed by atoms with E-state index in [0.29, 0.717) is 19.6 Å². The average Bonchev–Trinajstić information content (AvgIpc) is 3.23. The number of ether oxygens (including phenoxy) is 1. The molecule has 0 atom stereocenters. The maximum Gasteiger partial charge on any atom is 0.350 e. The van der Waals surface area contributed by atoms with Crippen LogP contribution in [0.1, 0.15) is 48.5 Å². The highest BCUT2D eigenvalue weighted by Crippen LogP contribution is 2.21. The molecule has 0 bridgehead atoms. The van der Waals surface area contributed by atoms with Crippen LogP contribution in [0.15, 0.2) is 175 Å². The van der Waals surface area contributed by atoms with Crippen molar-refractivity contribution in [1.82, 2.24) is 14.7 Å². The number of esters is 1. The van der Waals surface area contributed by atoms with Crippen molar-refractivity contribution in [3.63, 3.8) is 0 Å². The zero-order valence-corrected chi connectivity index (χ0v) is 38.2. The summed E-state index contributed by atoms with van der Waals surface area (Å²) in [5.74, 6) is -0.857. The van der Waals surface area contributed by atoms with Crippen LogP contribution >= 0.6 is 0 Å². The Morgan fingerprint density at radius 1 is 0.508 bits per heavy atom. The lowest BCUT2D eigenvalue weighted by atomic mass is 10.4. The number of nitrogens with zero attached hydrogens (tertiary/aromatic N) is 3. The molecule has 59 heavy (non-hydrogen) atoms. The van der Waals surface area contributed by atoms with Gasteiger partial charge in [-0.2, -0.15) is 0 Å². The van der Waals surface area contributed by atoms with Crippen LogP contribution in [0.3, 0.4) is 0 Å². The van der Waals surface area contributed by atoms with Crippen LogP contribution < -0.4 is 0 Å². The lowest BCUT2D eigenvalue weighted by Gasteiger charge is -2.14. The lowest BCUT2D eigenvalue weighted by molar-refractivity contribution is -0.137. The van der Waals surface area contributed by atoms with Gasteiger partial charge < -0.3 is 19.4 Å². The first-order chi connectivity index (χ1) is 27.9. The largest absolute Gasteiger partial charge is 0.462 e. The zero-order chi connectivity index (χ0) is 44.5. The monoisotopic (exact) mass is 867 g/mol. The van der Waals surface area contributed by atoms with Crippen LogP contribution in [0, 0.1) is 0 Å². The standard InChI is InChI=1S/C15H19NO4S.2C15H21NO2S/c1-4-20-15(17)14(11-8-12-16(2)3)21(18,19)13-9-6-5-7-10-13;2*1-4-16(5-2)13-9-10-14(3)19(17,18)15-11-7-6-8-12-15/h5-12H,4H2,1-3H3;2*6-13H,4-5H2,1-3H3. The van der Waals surface area contributed by atoms with E-state index in [9.17, 15) is 30.0 Å². The fraction of sp³-hybridized carbons (Fsp3) is 0.311. The molecule has 3 aromatic carbocycles. The lowest BCUT2D eigenvalue weighted by Crippen LogP contribution is -2.16. The van der Waals surface area contributed by atoms with Gasteiger partial charge in [0.1, 0.15) is 0 Å². The first-order valence-corrected chi connectivity index (χ1v) is 23.7. The number of carbonyl (C=O) groups excluding carboxylic acids is 1. The Morgan fingerprint density at radius 2 is 0.831 bits per heavy atom. The maximum absolute atomic E-state index is 12.5. The highest BCUT2D eigenvalue weighted by atomic mass is 32.2. The van der Waals surface area contributed by atoms with Crippen molar-refractivity contribution < 1.29 is 34.8 Å². The van der Waals surface area contributed by atoms with E-state index in [2.05, 4.69) is 37.5 Å². The molecule has 0 aliphatic carbocycles. The fourth-order valence-electron chi connectivity index (χ4n) is 4.72.